The van der Waals surface area contributed by atoms with Gasteiger partial charge in [0.15, 0.2) is 12.0 Å². The third-order valence-electron chi connectivity index (χ3n) is 6.15. The van der Waals surface area contributed by atoms with Gasteiger partial charge in [-0.3, -0.25) is 10.3 Å². The Balaban J connectivity index is 1.90. The van der Waals surface area contributed by atoms with Crippen molar-refractivity contribution in [2.24, 2.45) is 11.0 Å². The molecule has 3 rings (SSSR count). The molecule has 9 heteroatoms. The summed E-state index contributed by atoms with van der Waals surface area (Å²) in [6.07, 6.45) is 0.679. The number of carbonyl (C=O) groups excluding carboxylic acids is 1. The molecule has 1 aliphatic rings. The summed E-state index contributed by atoms with van der Waals surface area (Å²) in [7, 11) is 0. The van der Waals surface area contributed by atoms with Gasteiger partial charge in [0.1, 0.15) is 17.8 Å². The lowest BCUT2D eigenvalue weighted by Crippen LogP contribution is -2.40. The van der Waals surface area contributed by atoms with Gasteiger partial charge in [0.25, 0.3) is 0 Å². The highest BCUT2D eigenvalue weighted by Crippen LogP contribution is 2.39. The van der Waals surface area contributed by atoms with Gasteiger partial charge in [-0.25, -0.2) is 0 Å². The van der Waals surface area contributed by atoms with E-state index in [0.717, 1.165) is 30.5 Å². The van der Waals surface area contributed by atoms with Crippen molar-refractivity contribution < 1.29 is 24.9 Å². The maximum absolute atomic E-state index is 11.0. The van der Waals surface area contributed by atoms with E-state index in [-0.39, 0.29) is 29.2 Å². The minimum atomic E-state index is -1.27. The Kier molecular flexibility index (Phi) is 8.95. The smallest absolute Gasteiger partial charge is 0.216 e. The van der Waals surface area contributed by atoms with Crippen LogP contribution in [-0.2, 0) is 9.53 Å². The molecule has 0 fully saturated rings. The van der Waals surface area contributed by atoms with E-state index in [1.54, 1.807) is 17.9 Å². The van der Waals surface area contributed by atoms with Gasteiger partial charge in [0.05, 0.1) is 0 Å². The van der Waals surface area contributed by atoms with E-state index in [1.165, 1.54) is 6.07 Å². The molecule has 0 aliphatic carbocycles. The van der Waals surface area contributed by atoms with Crippen LogP contribution < -0.4 is 15.6 Å². The van der Waals surface area contributed by atoms with Crippen molar-refractivity contribution in [3.8, 4) is 11.5 Å². The van der Waals surface area contributed by atoms with Gasteiger partial charge in [0.2, 0.25) is 6.29 Å². The number of nitrogens with one attached hydrogen (secondary N) is 2. The van der Waals surface area contributed by atoms with Crippen molar-refractivity contribution in [2.75, 3.05) is 23.4 Å². The van der Waals surface area contributed by atoms with Crippen LogP contribution >= 0.6 is 0 Å². The number of phenolic OH excluding ortho intramolecular Hbond substituents is 2. The number of phenols is 2. The van der Waals surface area contributed by atoms with E-state index in [4.69, 9.17) is 4.74 Å². The van der Waals surface area contributed by atoms with Crippen LogP contribution in [0, 0.1) is 5.92 Å². The molecular formula is C26H36N4O5. The molecule has 1 heterocycles. The summed E-state index contributed by atoms with van der Waals surface area (Å²) in [6, 6.07) is 10.7. The van der Waals surface area contributed by atoms with E-state index in [0.29, 0.717) is 24.3 Å². The molecule has 190 valence electrons. The Morgan fingerprint density at radius 2 is 1.89 bits per heavy atom. The van der Waals surface area contributed by atoms with E-state index in [9.17, 15) is 20.1 Å². The third kappa shape index (κ3) is 6.04. The van der Waals surface area contributed by atoms with Crippen molar-refractivity contribution in [3.63, 3.8) is 0 Å². The fourth-order valence-corrected chi connectivity index (χ4v) is 4.07. The molecule has 0 saturated carbocycles. The first kappa shape index (κ1) is 26.3. The van der Waals surface area contributed by atoms with Gasteiger partial charge in [-0.2, -0.15) is 5.10 Å². The molecule has 1 aliphatic heterocycles. The number of amidine groups is 1. The SMILES string of the molecule is CCOC(O)C1=NNC(c2cc(C(C)C)c(O)cc2O)N1c1ccc(NCCC(C=O)CC)cc1. The first-order valence-corrected chi connectivity index (χ1v) is 12.1. The zero-order chi connectivity index (χ0) is 25.5. The average molecular weight is 485 g/mol. The molecule has 0 bridgehead atoms. The molecule has 0 radical (unpaired) electrons. The lowest BCUT2D eigenvalue weighted by Gasteiger charge is -2.30. The summed E-state index contributed by atoms with van der Waals surface area (Å²) < 4.78 is 5.39. The highest BCUT2D eigenvalue weighted by atomic mass is 16.6. The van der Waals surface area contributed by atoms with E-state index >= 15 is 0 Å². The van der Waals surface area contributed by atoms with Crippen LogP contribution in [0.25, 0.3) is 0 Å². The van der Waals surface area contributed by atoms with Crippen molar-refractivity contribution in [3.05, 3.63) is 47.5 Å². The quantitative estimate of drug-likeness (QED) is 0.226. The van der Waals surface area contributed by atoms with E-state index in [1.807, 2.05) is 45.0 Å². The van der Waals surface area contributed by atoms with Gasteiger partial charge in [-0.05, 0) is 61.6 Å². The van der Waals surface area contributed by atoms with Crippen LogP contribution in [0.15, 0.2) is 41.5 Å². The zero-order valence-electron chi connectivity index (χ0n) is 20.7. The number of aromatic hydroxyl groups is 2. The lowest BCUT2D eigenvalue weighted by molar-refractivity contribution is -0.111. The lowest BCUT2D eigenvalue weighted by atomic mass is 9.97. The predicted molar refractivity (Wildman–Crippen MR) is 137 cm³/mol. The first-order chi connectivity index (χ1) is 16.8. The Labute approximate surface area is 206 Å². The summed E-state index contributed by atoms with van der Waals surface area (Å²) in [5.74, 6) is 0.279. The predicted octanol–water partition coefficient (Wildman–Crippen LogP) is 4.03. The highest BCUT2D eigenvalue weighted by molar-refractivity contribution is 6.02. The molecule has 3 unspecified atom stereocenters. The number of ether oxygens (including phenoxy) is 1. The average Bonchev–Trinajstić information content (AvgIpc) is 3.27. The largest absolute Gasteiger partial charge is 0.508 e. The van der Waals surface area contributed by atoms with Gasteiger partial charge >= 0.3 is 0 Å². The second kappa shape index (κ2) is 11.9. The van der Waals surface area contributed by atoms with Crippen molar-refractivity contribution in [1.82, 2.24) is 5.43 Å². The molecule has 2 aromatic rings. The van der Waals surface area contributed by atoms with Gasteiger partial charge < -0.3 is 30.2 Å². The standard InChI is InChI=1S/C26H36N4O5/c1-5-17(15-31)11-12-27-18-7-9-19(10-8-18)30-24(28-29-25(30)26(34)35-6-2)21-13-20(16(3)4)22(32)14-23(21)33/h7-10,13-17,24,26-28,32-34H,5-6,11-12H2,1-4H3. The van der Waals surface area contributed by atoms with Gasteiger partial charge in [0, 0.05) is 42.1 Å². The van der Waals surface area contributed by atoms with Crippen LogP contribution in [-0.4, -0.2) is 46.9 Å². The molecule has 35 heavy (non-hydrogen) atoms. The highest BCUT2D eigenvalue weighted by Gasteiger charge is 2.36. The maximum atomic E-state index is 11.0. The van der Waals surface area contributed by atoms with Gasteiger partial charge in [-0.1, -0.05) is 20.8 Å². The summed E-state index contributed by atoms with van der Waals surface area (Å²) >= 11 is 0. The number of hydrogen-bond donors (Lipinski definition) is 5. The summed E-state index contributed by atoms with van der Waals surface area (Å²) in [6.45, 7) is 8.67. The number of hydrogen-bond acceptors (Lipinski definition) is 9. The number of nitrogens with zero attached hydrogens (tertiary/aromatic N) is 2. The summed E-state index contributed by atoms with van der Waals surface area (Å²) in [5, 5.41) is 39.2. The van der Waals surface area contributed by atoms with E-state index < -0.39 is 12.5 Å². The molecule has 9 nitrogen and oxygen atoms in total. The molecule has 2 aromatic carbocycles. The molecule has 0 saturated heterocycles. The number of rotatable bonds is 12. The molecular weight excluding hydrogens is 448 g/mol. The minimum Gasteiger partial charge on any atom is -0.508 e. The molecule has 0 aromatic heterocycles. The molecule has 0 spiro atoms. The minimum absolute atomic E-state index is 0.0246. The first-order valence-electron chi connectivity index (χ1n) is 12.1. The molecule has 3 atom stereocenters. The van der Waals surface area contributed by atoms with Gasteiger partial charge in [-0.15, -0.1) is 0 Å². The Morgan fingerprint density at radius 3 is 2.49 bits per heavy atom. The van der Waals surface area contributed by atoms with Crippen LogP contribution in [0.4, 0.5) is 11.4 Å². The van der Waals surface area contributed by atoms with Crippen molar-refractivity contribution in [2.45, 2.75) is 58.9 Å². The number of hydrazone groups is 1. The van der Waals surface area contributed by atoms with Crippen molar-refractivity contribution >= 4 is 23.5 Å². The molecule has 0 amide bonds. The number of aliphatic hydroxyl groups excluding tert-OH is 1. The second-order valence-corrected chi connectivity index (χ2v) is 8.87. The summed E-state index contributed by atoms with van der Waals surface area (Å²) in [5.41, 5.74) is 5.82. The van der Waals surface area contributed by atoms with Crippen molar-refractivity contribution in [1.29, 1.82) is 0 Å². The number of aliphatic hydroxyl groups is 1. The fourth-order valence-electron chi connectivity index (χ4n) is 4.07. The van der Waals surface area contributed by atoms with Crippen LogP contribution in [0.1, 0.15) is 63.7 Å². The number of benzene rings is 2. The Bertz CT molecular complexity index is 1030. The normalized spacial score (nSPS) is 17.1. The fraction of sp³-hybridized carbons (Fsp3) is 0.462. The van der Waals surface area contributed by atoms with Crippen LogP contribution in [0.3, 0.4) is 0 Å². The zero-order valence-corrected chi connectivity index (χ0v) is 20.7. The number of aldehydes is 1. The van der Waals surface area contributed by atoms with Crippen LogP contribution in [0.5, 0.6) is 11.5 Å². The second-order valence-electron chi connectivity index (χ2n) is 8.87. The number of anilines is 2. The number of carbonyl (C=O) groups is 1. The van der Waals surface area contributed by atoms with E-state index in [2.05, 4.69) is 15.8 Å². The Hall–Kier alpha value is -3.30. The van der Waals surface area contributed by atoms with Crippen LogP contribution in [0.2, 0.25) is 0 Å². The topological polar surface area (TPSA) is 127 Å². The molecule has 5 N–H and O–H groups in total. The monoisotopic (exact) mass is 484 g/mol. The third-order valence-corrected chi connectivity index (χ3v) is 6.15. The summed E-state index contributed by atoms with van der Waals surface area (Å²) in [4.78, 5) is 12.8. The Morgan fingerprint density at radius 1 is 1.17 bits per heavy atom. The maximum Gasteiger partial charge on any atom is 0.216 e.